The van der Waals surface area contributed by atoms with E-state index >= 15 is 0 Å². The monoisotopic (exact) mass is 370 g/mol. The molecule has 3 atom stereocenters. The van der Waals surface area contributed by atoms with Gasteiger partial charge in [-0.25, -0.2) is 9.69 Å². The van der Waals surface area contributed by atoms with Crippen molar-refractivity contribution >= 4 is 17.6 Å². The molecule has 3 aliphatic rings. The van der Waals surface area contributed by atoms with Gasteiger partial charge in [-0.1, -0.05) is 29.8 Å². The lowest BCUT2D eigenvalue weighted by Crippen LogP contribution is -2.66. The van der Waals surface area contributed by atoms with E-state index in [9.17, 15) is 9.59 Å². The average Bonchev–Trinajstić information content (AvgIpc) is 3.02. The van der Waals surface area contributed by atoms with Crippen LogP contribution in [0.1, 0.15) is 25.0 Å². The highest BCUT2D eigenvalue weighted by Gasteiger charge is 2.56. The van der Waals surface area contributed by atoms with Crippen LogP contribution in [0.5, 0.6) is 0 Å². The first kappa shape index (κ1) is 17.9. The fourth-order valence-corrected chi connectivity index (χ4v) is 4.23. The maximum Gasteiger partial charge on any atom is 0.328 e. The fraction of sp³-hybridized carbons (Fsp3) is 0.526. The van der Waals surface area contributed by atoms with Crippen LogP contribution in [0.15, 0.2) is 29.4 Å². The summed E-state index contributed by atoms with van der Waals surface area (Å²) in [5, 5.41) is 9.95. The predicted octanol–water partition coefficient (Wildman–Crippen LogP) is 0.984. The number of carbonyl (C=O) groups is 2. The lowest BCUT2D eigenvalue weighted by Gasteiger charge is -2.42. The van der Waals surface area contributed by atoms with E-state index in [0.717, 1.165) is 23.4 Å². The van der Waals surface area contributed by atoms with Gasteiger partial charge in [-0.2, -0.15) is 5.10 Å². The number of hydrogen-bond donors (Lipinski definition) is 1. The molecule has 1 aromatic carbocycles. The van der Waals surface area contributed by atoms with Crippen LogP contribution >= 0.6 is 0 Å². The van der Waals surface area contributed by atoms with Crippen LogP contribution in [0.25, 0.3) is 0 Å². The molecule has 2 fully saturated rings. The standard InChI is InChI=1S/C19H26N6O2/c1-5-25-18-20-16-15(23(18)10-13(3)21-25)17(26)24(19(27)22(16)4)11-14-8-6-7-12(2)9-14/h6-9,15-16,18,20H,5,10-11H2,1-4H3. The Kier molecular flexibility index (Phi) is 4.39. The number of imide groups is 1. The van der Waals surface area contributed by atoms with Crippen molar-refractivity contribution in [2.75, 3.05) is 20.1 Å². The highest BCUT2D eigenvalue weighted by Crippen LogP contribution is 2.30. The van der Waals surface area contributed by atoms with Crippen molar-refractivity contribution in [3.05, 3.63) is 35.4 Å². The maximum atomic E-state index is 13.3. The molecule has 1 aromatic rings. The maximum absolute atomic E-state index is 13.3. The number of benzene rings is 1. The van der Waals surface area contributed by atoms with Crippen molar-refractivity contribution in [1.29, 1.82) is 0 Å². The summed E-state index contributed by atoms with van der Waals surface area (Å²) >= 11 is 0. The number of hydrogen-bond acceptors (Lipinski definition) is 6. The molecule has 0 aliphatic carbocycles. The molecule has 0 aromatic heterocycles. The van der Waals surface area contributed by atoms with E-state index < -0.39 is 6.04 Å². The number of likely N-dealkylation sites (N-methyl/N-ethyl adjacent to an activating group) is 1. The van der Waals surface area contributed by atoms with Gasteiger partial charge in [-0.3, -0.25) is 20.0 Å². The van der Waals surface area contributed by atoms with E-state index in [-0.39, 0.29) is 30.9 Å². The Morgan fingerprint density at radius 1 is 1.26 bits per heavy atom. The summed E-state index contributed by atoms with van der Waals surface area (Å²) in [5.74, 6) is -0.148. The third-order valence-electron chi connectivity index (χ3n) is 5.50. The van der Waals surface area contributed by atoms with Crippen LogP contribution in [0, 0.1) is 6.92 Å². The zero-order chi connectivity index (χ0) is 19.3. The van der Waals surface area contributed by atoms with Crippen molar-refractivity contribution in [3.8, 4) is 0 Å². The van der Waals surface area contributed by atoms with E-state index in [0.29, 0.717) is 6.54 Å². The molecule has 3 amide bonds. The van der Waals surface area contributed by atoms with Crippen molar-refractivity contribution in [3.63, 3.8) is 0 Å². The average molecular weight is 370 g/mol. The van der Waals surface area contributed by atoms with Gasteiger partial charge < -0.3 is 4.90 Å². The van der Waals surface area contributed by atoms with Gasteiger partial charge in [0, 0.05) is 25.8 Å². The van der Waals surface area contributed by atoms with Crippen molar-refractivity contribution in [1.82, 2.24) is 25.0 Å². The number of urea groups is 1. The number of rotatable bonds is 3. The van der Waals surface area contributed by atoms with E-state index in [1.807, 2.05) is 50.0 Å². The first-order valence-electron chi connectivity index (χ1n) is 9.37. The van der Waals surface area contributed by atoms with E-state index in [1.54, 1.807) is 11.9 Å². The Balaban J connectivity index is 1.64. The molecule has 8 heteroatoms. The number of nitrogens with one attached hydrogen (secondary N) is 1. The highest BCUT2D eigenvalue weighted by atomic mass is 16.2. The molecule has 0 radical (unpaired) electrons. The van der Waals surface area contributed by atoms with Crippen molar-refractivity contribution in [2.24, 2.45) is 5.10 Å². The Bertz CT molecular complexity index is 809. The summed E-state index contributed by atoms with van der Waals surface area (Å²) < 4.78 is 0. The summed E-state index contributed by atoms with van der Waals surface area (Å²) in [5.41, 5.74) is 3.03. The third kappa shape index (κ3) is 2.89. The molecule has 3 aliphatic heterocycles. The normalized spacial score (nSPS) is 28.4. The van der Waals surface area contributed by atoms with Gasteiger partial charge in [-0.05, 0) is 26.3 Å². The van der Waals surface area contributed by atoms with Crippen LogP contribution in [0.3, 0.4) is 0 Å². The molecule has 3 heterocycles. The molecule has 3 unspecified atom stereocenters. The number of hydrazone groups is 1. The van der Waals surface area contributed by atoms with Gasteiger partial charge in [0.15, 0.2) is 6.29 Å². The highest BCUT2D eigenvalue weighted by molar-refractivity contribution is 6.01. The molecule has 8 nitrogen and oxygen atoms in total. The molecule has 0 spiro atoms. The van der Waals surface area contributed by atoms with Crippen molar-refractivity contribution in [2.45, 2.75) is 45.8 Å². The van der Waals surface area contributed by atoms with Gasteiger partial charge in [0.2, 0.25) is 0 Å². The summed E-state index contributed by atoms with van der Waals surface area (Å²) in [6.07, 6.45) is -0.522. The first-order valence-corrected chi connectivity index (χ1v) is 9.37. The lowest BCUT2D eigenvalue weighted by molar-refractivity contribution is -0.139. The molecule has 27 heavy (non-hydrogen) atoms. The molecular formula is C19H26N6O2. The number of fused-ring (bicyclic) bond motifs is 3. The van der Waals surface area contributed by atoms with Crippen LogP contribution in [-0.2, 0) is 11.3 Å². The largest absolute Gasteiger partial charge is 0.328 e. The Labute approximate surface area is 159 Å². The number of carbonyl (C=O) groups excluding carboxylic acids is 2. The topological polar surface area (TPSA) is 71.5 Å². The number of nitrogens with zero attached hydrogens (tertiary/aromatic N) is 5. The van der Waals surface area contributed by atoms with Gasteiger partial charge in [-0.15, -0.1) is 0 Å². The summed E-state index contributed by atoms with van der Waals surface area (Å²) in [4.78, 5) is 31.4. The quantitative estimate of drug-likeness (QED) is 0.859. The summed E-state index contributed by atoms with van der Waals surface area (Å²) in [7, 11) is 1.76. The van der Waals surface area contributed by atoms with Gasteiger partial charge in [0.1, 0.15) is 12.2 Å². The molecular weight excluding hydrogens is 344 g/mol. The van der Waals surface area contributed by atoms with Gasteiger partial charge in [0.05, 0.1) is 6.54 Å². The Morgan fingerprint density at radius 3 is 2.74 bits per heavy atom. The molecule has 0 saturated carbocycles. The second kappa shape index (κ2) is 6.61. The number of aryl methyl sites for hydroxylation is 1. The summed E-state index contributed by atoms with van der Waals surface area (Å²) in [6, 6.07) is 7.24. The SMILES string of the molecule is CCN1N=C(C)CN2C3C(=O)N(Cc4cccc(C)c4)C(=O)N(C)C3NC12. The second-order valence-corrected chi connectivity index (χ2v) is 7.50. The van der Waals surface area contributed by atoms with Gasteiger partial charge in [0.25, 0.3) is 5.91 Å². The van der Waals surface area contributed by atoms with E-state index in [4.69, 9.17) is 0 Å². The minimum atomic E-state index is -0.415. The Morgan fingerprint density at radius 2 is 2.04 bits per heavy atom. The van der Waals surface area contributed by atoms with Crippen LogP contribution in [0.2, 0.25) is 0 Å². The molecule has 0 bridgehead atoms. The smallest absolute Gasteiger partial charge is 0.310 e. The second-order valence-electron chi connectivity index (χ2n) is 7.50. The van der Waals surface area contributed by atoms with Crippen LogP contribution in [0.4, 0.5) is 4.79 Å². The van der Waals surface area contributed by atoms with E-state index in [2.05, 4.69) is 15.3 Å². The minimum Gasteiger partial charge on any atom is -0.310 e. The van der Waals surface area contributed by atoms with Crippen LogP contribution < -0.4 is 5.32 Å². The predicted molar refractivity (Wildman–Crippen MR) is 102 cm³/mol. The van der Waals surface area contributed by atoms with Crippen molar-refractivity contribution < 1.29 is 9.59 Å². The molecule has 144 valence electrons. The fourth-order valence-electron chi connectivity index (χ4n) is 4.23. The Hall–Kier alpha value is -2.45. The molecule has 2 saturated heterocycles. The summed E-state index contributed by atoms with van der Waals surface area (Å²) in [6.45, 7) is 7.64. The molecule has 4 rings (SSSR count). The molecule has 1 N–H and O–H groups in total. The zero-order valence-electron chi connectivity index (χ0n) is 16.2. The lowest BCUT2D eigenvalue weighted by atomic mass is 10.1. The number of amides is 3. The van der Waals surface area contributed by atoms with Crippen LogP contribution in [-0.4, -0.2) is 76.0 Å². The first-order chi connectivity index (χ1) is 12.9. The minimum absolute atomic E-state index is 0.148. The van der Waals surface area contributed by atoms with E-state index in [1.165, 1.54) is 4.90 Å². The van der Waals surface area contributed by atoms with Gasteiger partial charge >= 0.3 is 6.03 Å². The zero-order valence-corrected chi connectivity index (χ0v) is 16.2. The third-order valence-corrected chi connectivity index (χ3v) is 5.50.